The lowest BCUT2D eigenvalue weighted by atomic mass is 9.79. The molecule has 0 bridgehead atoms. The van der Waals surface area contributed by atoms with Crippen LogP contribution in [0.15, 0.2) is 42.5 Å². The molecule has 1 aliphatic carbocycles. The van der Waals surface area contributed by atoms with Gasteiger partial charge in [0.1, 0.15) is 5.82 Å². The van der Waals surface area contributed by atoms with Gasteiger partial charge in [-0.1, -0.05) is 49.8 Å². The van der Waals surface area contributed by atoms with Gasteiger partial charge in [-0.05, 0) is 84.5 Å². The van der Waals surface area contributed by atoms with Crippen molar-refractivity contribution in [3.05, 3.63) is 105 Å². The highest BCUT2D eigenvalue weighted by molar-refractivity contribution is 5.48. The first-order valence-electron chi connectivity index (χ1n) is 11.6. The Hall–Kier alpha value is -3.13. The molecule has 34 heavy (non-hydrogen) atoms. The SMILES string of the molecule is CCCCCc1ccc(C2CCc3cc(C#Cc4cccc(F)c4F)c(F)cc3C2)c(F)c1F. The Balaban J connectivity index is 1.55. The normalized spacial score (nSPS) is 14.9. The predicted octanol–water partition coefficient (Wildman–Crippen LogP) is 7.79. The molecule has 176 valence electrons. The second-order valence-electron chi connectivity index (χ2n) is 8.79. The molecule has 0 N–H and O–H groups in total. The Morgan fingerprint density at radius 2 is 1.59 bits per heavy atom. The zero-order chi connectivity index (χ0) is 24.2. The van der Waals surface area contributed by atoms with Crippen LogP contribution in [0.2, 0.25) is 0 Å². The third kappa shape index (κ3) is 5.01. The third-order valence-electron chi connectivity index (χ3n) is 6.48. The van der Waals surface area contributed by atoms with E-state index in [4.69, 9.17) is 0 Å². The molecule has 1 unspecified atom stereocenters. The lowest BCUT2D eigenvalue weighted by molar-refractivity contribution is 0.465. The Kier molecular flexibility index (Phi) is 7.36. The van der Waals surface area contributed by atoms with Crippen LogP contribution in [-0.4, -0.2) is 0 Å². The molecule has 3 aromatic rings. The Morgan fingerprint density at radius 3 is 2.38 bits per heavy atom. The van der Waals surface area contributed by atoms with E-state index in [1.165, 1.54) is 18.2 Å². The maximum Gasteiger partial charge on any atom is 0.174 e. The summed E-state index contributed by atoms with van der Waals surface area (Å²) in [6.07, 6.45) is 4.85. The average Bonchev–Trinajstić information content (AvgIpc) is 2.82. The van der Waals surface area contributed by atoms with Gasteiger partial charge in [-0.3, -0.25) is 0 Å². The summed E-state index contributed by atoms with van der Waals surface area (Å²) < 4.78 is 71.4. The predicted molar refractivity (Wildman–Crippen MR) is 123 cm³/mol. The van der Waals surface area contributed by atoms with Crippen molar-refractivity contribution < 1.29 is 22.0 Å². The standard InChI is InChI=1S/C29H25F5/c1-2-3-4-6-19-13-14-24(29(34)28(19)33)21-11-10-20-15-22(26(31)17-23(20)16-21)12-9-18-7-5-8-25(30)27(18)32/h5,7-8,13-15,17,21H,2-4,6,10-11,16H2,1H3. The van der Waals surface area contributed by atoms with Gasteiger partial charge < -0.3 is 0 Å². The number of hydrogen-bond acceptors (Lipinski definition) is 0. The van der Waals surface area contributed by atoms with Crippen LogP contribution < -0.4 is 0 Å². The van der Waals surface area contributed by atoms with Crippen molar-refractivity contribution in [3.8, 4) is 11.8 Å². The van der Waals surface area contributed by atoms with Crippen molar-refractivity contribution >= 4 is 0 Å². The molecule has 0 aliphatic heterocycles. The molecule has 0 saturated carbocycles. The summed E-state index contributed by atoms with van der Waals surface area (Å²) in [6.45, 7) is 2.06. The summed E-state index contributed by atoms with van der Waals surface area (Å²) in [4.78, 5) is 0. The fourth-order valence-corrected chi connectivity index (χ4v) is 4.55. The van der Waals surface area contributed by atoms with E-state index in [1.54, 1.807) is 18.2 Å². The maximum absolute atomic E-state index is 14.9. The summed E-state index contributed by atoms with van der Waals surface area (Å²) in [5, 5.41) is 0. The molecule has 0 spiro atoms. The number of benzene rings is 3. The Bertz CT molecular complexity index is 1270. The number of aryl methyl sites for hydroxylation is 2. The zero-order valence-corrected chi connectivity index (χ0v) is 19.0. The first kappa shape index (κ1) is 24.0. The first-order chi connectivity index (χ1) is 16.4. The first-order valence-corrected chi connectivity index (χ1v) is 11.6. The van der Waals surface area contributed by atoms with Crippen molar-refractivity contribution in [1.29, 1.82) is 0 Å². The molecular weight excluding hydrogens is 443 g/mol. The van der Waals surface area contributed by atoms with Crippen LogP contribution in [0.25, 0.3) is 0 Å². The fraction of sp³-hybridized carbons (Fsp3) is 0.310. The van der Waals surface area contributed by atoms with Crippen LogP contribution >= 0.6 is 0 Å². The van der Waals surface area contributed by atoms with E-state index < -0.39 is 29.1 Å². The topological polar surface area (TPSA) is 0 Å². The number of rotatable bonds is 5. The minimum atomic E-state index is -1.07. The molecule has 0 nitrogen and oxygen atoms in total. The molecule has 0 amide bonds. The second-order valence-corrected chi connectivity index (χ2v) is 8.79. The van der Waals surface area contributed by atoms with Crippen LogP contribution in [0.1, 0.15) is 71.9 Å². The van der Waals surface area contributed by atoms with Crippen molar-refractivity contribution in [1.82, 2.24) is 0 Å². The molecular formula is C29H25F5. The molecule has 0 saturated heterocycles. The molecule has 1 atom stereocenters. The van der Waals surface area contributed by atoms with Gasteiger partial charge in [-0.25, -0.2) is 22.0 Å². The number of hydrogen-bond donors (Lipinski definition) is 0. The van der Waals surface area contributed by atoms with Gasteiger partial charge in [0.2, 0.25) is 0 Å². The number of halogens is 5. The number of fused-ring (bicyclic) bond motifs is 1. The lowest BCUT2D eigenvalue weighted by Gasteiger charge is -2.26. The van der Waals surface area contributed by atoms with Crippen LogP contribution in [-0.2, 0) is 19.3 Å². The van der Waals surface area contributed by atoms with Gasteiger partial charge in [0.05, 0.1) is 11.1 Å². The van der Waals surface area contributed by atoms with Crippen molar-refractivity contribution in [3.63, 3.8) is 0 Å². The molecule has 0 radical (unpaired) electrons. The van der Waals surface area contributed by atoms with E-state index in [2.05, 4.69) is 18.8 Å². The van der Waals surface area contributed by atoms with E-state index in [-0.39, 0.29) is 17.0 Å². The van der Waals surface area contributed by atoms with Gasteiger partial charge in [0.15, 0.2) is 23.3 Å². The summed E-state index contributed by atoms with van der Waals surface area (Å²) in [5.41, 5.74) is 2.27. The van der Waals surface area contributed by atoms with Crippen LogP contribution in [0.5, 0.6) is 0 Å². The highest BCUT2D eigenvalue weighted by Gasteiger charge is 2.26. The van der Waals surface area contributed by atoms with Gasteiger partial charge in [0.25, 0.3) is 0 Å². The second kappa shape index (κ2) is 10.4. The molecule has 0 fully saturated rings. The summed E-state index contributed by atoms with van der Waals surface area (Å²) >= 11 is 0. The zero-order valence-electron chi connectivity index (χ0n) is 19.0. The highest BCUT2D eigenvalue weighted by Crippen LogP contribution is 2.36. The van der Waals surface area contributed by atoms with Crippen LogP contribution in [0.3, 0.4) is 0 Å². The van der Waals surface area contributed by atoms with E-state index >= 15 is 0 Å². The monoisotopic (exact) mass is 468 g/mol. The molecule has 5 heteroatoms. The van der Waals surface area contributed by atoms with E-state index in [9.17, 15) is 22.0 Å². The fourth-order valence-electron chi connectivity index (χ4n) is 4.55. The largest absolute Gasteiger partial charge is 0.206 e. The maximum atomic E-state index is 14.9. The van der Waals surface area contributed by atoms with Crippen molar-refractivity contribution in [2.45, 2.75) is 57.8 Å². The van der Waals surface area contributed by atoms with Crippen molar-refractivity contribution in [2.24, 2.45) is 0 Å². The molecule has 0 heterocycles. The van der Waals surface area contributed by atoms with Crippen molar-refractivity contribution in [2.75, 3.05) is 0 Å². The molecule has 3 aromatic carbocycles. The van der Waals surface area contributed by atoms with E-state index in [0.717, 1.165) is 36.5 Å². The Morgan fingerprint density at radius 1 is 0.794 bits per heavy atom. The third-order valence-corrected chi connectivity index (χ3v) is 6.48. The minimum Gasteiger partial charge on any atom is -0.206 e. The number of unbranched alkanes of at least 4 members (excludes halogenated alkanes) is 2. The van der Waals surface area contributed by atoms with Gasteiger partial charge >= 0.3 is 0 Å². The van der Waals surface area contributed by atoms with Gasteiger partial charge in [0, 0.05) is 0 Å². The summed E-state index contributed by atoms with van der Waals surface area (Å²) in [6, 6.07) is 9.97. The molecule has 4 rings (SSSR count). The van der Waals surface area contributed by atoms with Gasteiger partial charge in [-0.15, -0.1) is 0 Å². The molecule has 0 aromatic heterocycles. The van der Waals surface area contributed by atoms with E-state index in [0.29, 0.717) is 36.8 Å². The quantitative estimate of drug-likeness (QED) is 0.204. The van der Waals surface area contributed by atoms with Crippen LogP contribution in [0, 0.1) is 40.9 Å². The molecule has 1 aliphatic rings. The smallest absolute Gasteiger partial charge is 0.174 e. The highest BCUT2D eigenvalue weighted by atomic mass is 19.2. The van der Waals surface area contributed by atoms with Gasteiger partial charge in [-0.2, -0.15) is 0 Å². The average molecular weight is 469 g/mol. The summed E-state index contributed by atoms with van der Waals surface area (Å²) in [5.74, 6) is 0.598. The Labute approximate surface area is 196 Å². The lowest BCUT2D eigenvalue weighted by Crippen LogP contribution is -2.16. The van der Waals surface area contributed by atoms with Crippen LogP contribution in [0.4, 0.5) is 22.0 Å². The minimum absolute atomic E-state index is 0.0921. The summed E-state index contributed by atoms with van der Waals surface area (Å²) in [7, 11) is 0. The van der Waals surface area contributed by atoms with E-state index in [1.807, 2.05) is 0 Å².